The molecule has 0 aliphatic rings. The summed E-state index contributed by atoms with van der Waals surface area (Å²) in [6, 6.07) is 4.04. The van der Waals surface area contributed by atoms with Gasteiger partial charge < -0.3 is 14.8 Å². The Hall–Kier alpha value is -1.81. The Morgan fingerprint density at radius 1 is 1.40 bits per heavy atom. The average Bonchev–Trinajstić information content (AvgIpc) is 2.84. The minimum atomic E-state index is -0.0498. The monoisotopic (exact) mass is 275 g/mol. The van der Waals surface area contributed by atoms with Crippen molar-refractivity contribution in [2.24, 2.45) is 5.92 Å². The topological polar surface area (TPSA) is 62.5 Å². The number of aryl methyl sites for hydroxylation is 2. The number of rotatable bonds is 5. The van der Waals surface area contributed by atoms with Crippen LogP contribution in [0.2, 0.25) is 0 Å². The minimum Gasteiger partial charge on any atom is -0.464 e. The van der Waals surface area contributed by atoms with Crippen molar-refractivity contribution in [1.29, 1.82) is 0 Å². The fraction of sp³-hybridized carbons (Fsp3) is 0.438. The summed E-state index contributed by atoms with van der Waals surface area (Å²) in [5.41, 5.74) is 4.05. The number of aliphatic hydroxyl groups is 1. The van der Waals surface area contributed by atoms with Gasteiger partial charge >= 0.3 is 0 Å². The van der Waals surface area contributed by atoms with Crippen molar-refractivity contribution in [1.82, 2.24) is 5.32 Å². The Balaban J connectivity index is 2.11. The molecule has 1 atom stereocenters. The summed E-state index contributed by atoms with van der Waals surface area (Å²) in [4.78, 5) is 11.9. The first-order valence-electron chi connectivity index (χ1n) is 6.86. The van der Waals surface area contributed by atoms with Gasteiger partial charge in [-0.3, -0.25) is 4.79 Å². The van der Waals surface area contributed by atoms with E-state index in [9.17, 15) is 4.79 Å². The number of aliphatic hydroxyl groups excluding tert-OH is 1. The number of carbonyl (C=O) groups is 1. The Kier molecular flexibility index (Phi) is 4.45. The van der Waals surface area contributed by atoms with Crippen LogP contribution in [-0.2, 0) is 11.2 Å². The summed E-state index contributed by atoms with van der Waals surface area (Å²) in [6.07, 6.45) is 1.96. The fourth-order valence-corrected chi connectivity index (χ4v) is 2.11. The van der Waals surface area contributed by atoms with Gasteiger partial charge in [-0.2, -0.15) is 0 Å². The molecule has 0 saturated carbocycles. The van der Waals surface area contributed by atoms with Gasteiger partial charge in [-0.25, -0.2) is 0 Å². The third-order valence-electron chi connectivity index (χ3n) is 3.65. The van der Waals surface area contributed by atoms with E-state index in [1.807, 2.05) is 32.9 Å². The van der Waals surface area contributed by atoms with Gasteiger partial charge in [-0.05, 0) is 30.9 Å². The van der Waals surface area contributed by atoms with Crippen molar-refractivity contribution < 1.29 is 14.3 Å². The summed E-state index contributed by atoms with van der Waals surface area (Å²) in [6.45, 7) is 6.52. The maximum Gasteiger partial charge on any atom is 0.224 e. The lowest BCUT2D eigenvalue weighted by molar-refractivity contribution is -0.120. The van der Waals surface area contributed by atoms with Crippen LogP contribution in [0.4, 0.5) is 0 Å². The lowest BCUT2D eigenvalue weighted by Crippen LogP contribution is -2.30. The molecule has 108 valence electrons. The van der Waals surface area contributed by atoms with Crippen LogP contribution < -0.4 is 5.32 Å². The number of hydrogen-bond acceptors (Lipinski definition) is 3. The van der Waals surface area contributed by atoms with E-state index in [1.165, 1.54) is 5.56 Å². The molecular weight excluding hydrogens is 254 g/mol. The summed E-state index contributed by atoms with van der Waals surface area (Å²) in [5.74, 6) is 0.0242. The van der Waals surface area contributed by atoms with Gasteiger partial charge in [0.2, 0.25) is 5.91 Å². The third kappa shape index (κ3) is 3.02. The summed E-state index contributed by atoms with van der Waals surface area (Å²) in [5, 5.41) is 12.8. The molecule has 2 aromatic rings. The molecular formula is C16H21NO3. The average molecular weight is 275 g/mol. The van der Waals surface area contributed by atoms with Crippen LogP contribution in [0.25, 0.3) is 11.0 Å². The third-order valence-corrected chi connectivity index (χ3v) is 3.65. The minimum absolute atomic E-state index is 0.0498. The predicted octanol–water partition coefficient (Wildman–Crippen LogP) is 2.34. The maximum absolute atomic E-state index is 11.9. The molecule has 2 N–H and O–H groups in total. The summed E-state index contributed by atoms with van der Waals surface area (Å²) in [7, 11) is 0. The smallest absolute Gasteiger partial charge is 0.224 e. The Labute approximate surface area is 118 Å². The molecule has 20 heavy (non-hydrogen) atoms. The van der Waals surface area contributed by atoms with Gasteiger partial charge in [-0.15, -0.1) is 0 Å². The highest BCUT2D eigenvalue weighted by molar-refractivity contribution is 5.89. The molecule has 0 aliphatic carbocycles. The van der Waals surface area contributed by atoms with Crippen molar-refractivity contribution in [3.05, 3.63) is 35.1 Å². The zero-order valence-corrected chi connectivity index (χ0v) is 12.2. The molecule has 1 aromatic heterocycles. The molecule has 1 unspecified atom stereocenters. The van der Waals surface area contributed by atoms with E-state index in [2.05, 4.69) is 5.32 Å². The predicted molar refractivity (Wildman–Crippen MR) is 78.7 cm³/mol. The van der Waals surface area contributed by atoms with Crippen molar-refractivity contribution >= 4 is 16.9 Å². The van der Waals surface area contributed by atoms with Crippen LogP contribution in [0.5, 0.6) is 0 Å². The van der Waals surface area contributed by atoms with E-state index in [0.717, 1.165) is 22.1 Å². The van der Waals surface area contributed by atoms with Crippen LogP contribution in [0.15, 0.2) is 22.8 Å². The fourth-order valence-electron chi connectivity index (χ4n) is 2.11. The number of carbonyl (C=O) groups excluding carboxylic acids is 1. The summed E-state index contributed by atoms with van der Waals surface area (Å²) >= 11 is 0. The van der Waals surface area contributed by atoms with Crippen molar-refractivity contribution in [2.75, 3.05) is 13.2 Å². The molecule has 1 amide bonds. The number of fused-ring (bicyclic) bond motifs is 1. The molecule has 0 fully saturated rings. The molecule has 0 bridgehead atoms. The van der Waals surface area contributed by atoms with Crippen LogP contribution in [-0.4, -0.2) is 24.2 Å². The van der Waals surface area contributed by atoms with Crippen molar-refractivity contribution in [3.8, 4) is 0 Å². The number of nitrogens with one attached hydrogen (secondary N) is 1. The van der Waals surface area contributed by atoms with E-state index >= 15 is 0 Å². The second-order valence-corrected chi connectivity index (χ2v) is 5.41. The molecule has 0 radical (unpaired) electrons. The zero-order chi connectivity index (χ0) is 14.7. The largest absolute Gasteiger partial charge is 0.464 e. The van der Waals surface area contributed by atoms with Gasteiger partial charge in [0.25, 0.3) is 0 Å². The van der Waals surface area contributed by atoms with Gasteiger partial charge in [-0.1, -0.05) is 19.1 Å². The molecule has 2 rings (SSSR count). The zero-order valence-electron chi connectivity index (χ0n) is 12.2. The molecule has 4 heteroatoms. The molecule has 0 spiro atoms. The first kappa shape index (κ1) is 14.6. The Morgan fingerprint density at radius 3 is 2.85 bits per heavy atom. The standard InChI is InChI=1S/C16H21NO3/c1-10(8-18)7-17-15(19)6-13-9-20-16-12(3)11(2)4-5-14(13)16/h4-5,9-10,18H,6-8H2,1-3H3,(H,17,19). The molecule has 1 heterocycles. The highest BCUT2D eigenvalue weighted by Crippen LogP contribution is 2.26. The molecule has 0 aliphatic heterocycles. The van der Waals surface area contributed by atoms with Gasteiger partial charge in [0.1, 0.15) is 5.58 Å². The van der Waals surface area contributed by atoms with Crippen LogP contribution >= 0.6 is 0 Å². The Morgan fingerprint density at radius 2 is 2.15 bits per heavy atom. The first-order valence-corrected chi connectivity index (χ1v) is 6.86. The highest BCUT2D eigenvalue weighted by atomic mass is 16.3. The van der Waals surface area contributed by atoms with Crippen LogP contribution in [0, 0.1) is 19.8 Å². The first-order chi connectivity index (χ1) is 9.52. The van der Waals surface area contributed by atoms with E-state index in [-0.39, 0.29) is 18.4 Å². The van der Waals surface area contributed by atoms with Gasteiger partial charge in [0.05, 0.1) is 12.7 Å². The van der Waals surface area contributed by atoms with Crippen molar-refractivity contribution in [3.63, 3.8) is 0 Å². The molecule has 4 nitrogen and oxygen atoms in total. The van der Waals surface area contributed by atoms with Gasteiger partial charge in [0.15, 0.2) is 0 Å². The van der Waals surface area contributed by atoms with E-state index in [0.29, 0.717) is 13.0 Å². The highest BCUT2D eigenvalue weighted by Gasteiger charge is 2.13. The number of amides is 1. The summed E-state index contributed by atoms with van der Waals surface area (Å²) < 4.78 is 5.59. The SMILES string of the molecule is Cc1ccc2c(CC(=O)NCC(C)CO)coc2c1C. The number of benzene rings is 1. The van der Waals surface area contributed by atoms with E-state index < -0.39 is 0 Å². The van der Waals surface area contributed by atoms with Gasteiger partial charge in [0, 0.05) is 24.1 Å². The quantitative estimate of drug-likeness (QED) is 0.880. The van der Waals surface area contributed by atoms with E-state index in [4.69, 9.17) is 9.52 Å². The Bertz CT molecular complexity index is 615. The molecule has 0 saturated heterocycles. The van der Waals surface area contributed by atoms with Crippen LogP contribution in [0.3, 0.4) is 0 Å². The molecule has 1 aromatic carbocycles. The lowest BCUT2D eigenvalue weighted by atomic mass is 10.0. The van der Waals surface area contributed by atoms with E-state index in [1.54, 1.807) is 6.26 Å². The lowest BCUT2D eigenvalue weighted by Gasteiger charge is -2.09. The number of hydrogen-bond donors (Lipinski definition) is 2. The normalized spacial score (nSPS) is 12.6. The van der Waals surface area contributed by atoms with Crippen molar-refractivity contribution in [2.45, 2.75) is 27.2 Å². The second-order valence-electron chi connectivity index (χ2n) is 5.41. The second kappa shape index (κ2) is 6.09. The maximum atomic E-state index is 11.9. The van der Waals surface area contributed by atoms with Crippen LogP contribution in [0.1, 0.15) is 23.6 Å². The number of furan rings is 1.